The van der Waals surface area contributed by atoms with Gasteiger partial charge in [0.25, 0.3) is 5.91 Å². The number of amides is 1. The van der Waals surface area contributed by atoms with Crippen LogP contribution in [0.3, 0.4) is 0 Å². The molecule has 1 N–H and O–H groups in total. The van der Waals surface area contributed by atoms with Gasteiger partial charge in [-0.2, -0.15) is 0 Å². The van der Waals surface area contributed by atoms with Crippen molar-refractivity contribution in [3.63, 3.8) is 0 Å². The van der Waals surface area contributed by atoms with E-state index in [1.165, 1.54) is 11.3 Å². The van der Waals surface area contributed by atoms with Crippen LogP contribution in [0.15, 0.2) is 70.8 Å². The molecular weight excluding hydrogens is 402 g/mol. The number of pyridine rings is 1. The molecule has 0 saturated heterocycles. The number of carbonyl (C=O) groups is 1. The Morgan fingerprint density at radius 2 is 2.00 bits per heavy atom. The van der Waals surface area contributed by atoms with E-state index in [0.717, 1.165) is 5.56 Å². The molecule has 3 aromatic heterocycles. The van der Waals surface area contributed by atoms with Crippen LogP contribution in [0.1, 0.15) is 23.0 Å². The predicted molar refractivity (Wildman–Crippen MR) is 113 cm³/mol. The summed E-state index contributed by atoms with van der Waals surface area (Å²) < 4.78 is 16.7. The van der Waals surface area contributed by atoms with E-state index < -0.39 is 0 Å². The van der Waals surface area contributed by atoms with Gasteiger partial charge in [0.15, 0.2) is 22.3 Å². The third kappa shape index (κ3) is 4.66. The standard InChI is InChI=1S/C22H19N3O4S/c1-2-27-17-6-3-4-7-18(17)29-20-10-9-15(12-23-20)13-24-21(26)16-14-30-22(25-16)19-8-5-11-28-19/h3-12,14H,2,13H2,1H3,(H,24,26). The number of aromatic nitrogens is 2. The number of nitrogens with zero attached hydrogens (tertiary/aromatic N) is 2. The molecule has 4 aromatic rings. The quantitative estimate of drug-likeness (QED) is 0.435. The summed E-state index contributed by atoms with van der Waals surface area (Å²) in [6.45, 7) is 2.80. The van der Waals surface area contributed by atoms with Gasteiger partial charge < -0.3 is 19.2 Å². The van der Waals surface area contributed by atoms with Crippen molar-refractivity contribution in [1.29, 1.82) is 0 Å². The van der Waals surface area contributed by atoms with Crippen LogP contribution in [0, 0.1) is 0 Å². The highest BCUT2D eigenvalue weighted by molar-refractivity contribution is 7.13. The third-order valence-electron chi connectivity index (χ3n) is 4.08. The lowest BCUT2D eigenvalue weighted by Gasteiger charge is -2.11. The second kappa shape index (κ2) is 9.23. The molecule has 1 amide bonds. The molecule has 0 bridgehead atoms. The molecule has 8 heteroatoms. The fraction of sp³-hybridized carbons (Fsp3) is 0.136. The zero-order valence-corrected chi connectivity index (χ0v) is 17.0. The molecule has 0 spiro atoms. The highest BCUT2D eigenvalue weighted by atomic mass is 32.1. The molecule has 1 aromatic carbocycles. The first kappa shape index (κ1) is 19.7. The summed E-state index contributed by atoms with van der Waals surface area (Å²) in [5, 5.41) is 5.22. The van der Waals surface area contributed by atoms with Gasteiger partial charge in [0.2, 0.25) is 5.88 Å². The molecule has 0 aliphatic rings. The molecule has 0 radical (unpaired) electrons. The number of furan rings is 1. The molecule has 7 nitrogen and oxygen atoms in total. The average molecular weight is 421 g/mol. The van der Waals surface area contributed by atoms with Gasteiger partial charge in [0.1, 0.15) is 5.69 Å². The van der Waals surface area contributed by atoms with Crippen LogP contribution >= 0.6 is 11.3 Å². The minimum Gasteiger partial charge on any atom is -0.490 e. The van der Waals surface area contributed by atoms with Gasteiger partial charge in [-0.15, -0.1) is 11.3 Å². The Labute approximate surface area is 177 Å². The maximum atomic E-state index is 12.4. The van der Waals surface area contributed by atoms with E-state index >= 15 is 0 Å². The van der Waals surface area contributed by atoms with Crippen LogP contribution in [-0.2, 0) is 6.54 Å². The lowest BCUT2D eigenvalue weighted by molar-refractivity contribution is 0.0946. The minimum atomic E-state index is -0.255. The Kier molecular flexibility index (Phi) is 6.05. The van der Waals surface area contributed by atoms with E-state index in [4.69, 9.17) is 13.9 Å². The Bertz CT molecular complexity index is 1110. The summed E-state index contributed by atoms with van der Waals surface area (Å²) >= 11 is 1.36. The first-order chi connectivity index (χ1) is 14.7. The molecule has 3 heterocycles. The van der Waals surface area contributed by atoms with Crippen LogP contribution < -0.4 is 14.8 Å². The van der Waals surface area contributed by atoms with E-state index in [-0.39, 0.29) is 5.91 Å². The van der Waals surface area contributed by atoms with Crippen LogP contribution in [0.4, 0.5) is 0 Å². The third-order valence-corrected chi connectivity index (χ3v) is 4.94. The molecule has 4 rings (SSSR count). The first-order valence-electron chi connectivity index (χ1n) is 9.35. The van der Waals surface area contributed by atoms with Crippen LogP contribution in [0.2, 0.25) is 0 Å². The number of nitrogens with one attached hydrogen (secondary N) is 1. The fourth-order valence-corrected chi connectivity index (χ4v) is 3.43. The minimum absolute atomic E-state index is 0.255. The summed E-state index contributed by atoms with van der Waals surface area (Å²) in [5.74, 6) is 2.10. The number of hydrogen-bond donors (Lipinski definition) is 1. The van der Waals surface area contributed by atoms with E-state index in [9.17, 15) is 4.79 Å². The van der Waals surface area contributed by atoms with Gasteiger partial charge in [-0.05, 0) is 36.8 Å². The van der Waals surface area contributed by atoms with Gasteiger partial charge in [-0.1, -0.05) is 18.2 Å². The van der Waals surface area contributed by atoms with Crippen molar-refractivity contribution in [2.45, 2.75) is 13.5 Å². The molecule has 0 unspecified atom stereocenters. The first-order valence-corrected chi connectivity index (χ1v) is 10.2. The molecule has 0 fully saturated rings. The number of rotatable bonds is 8. The van der Waals surface area contributed by atoms with Crippen molar-refractivity contribution in [3.05, 3.63) is 77.6 Å². The van der Waals surface area contributed by atoms with Gasteiger partial charge in [-0.3, -0.25) is 4.79 Å². The van der Waals surface area contributed by atoms with Crippen LogP contribution in [0.25, 0.3) is 10.8 Å². The van der Waals surface area contributed by atoms with Gasteiger partial charge >= 0.3 is 0 Å². The van der Waals surface area contributed by atoms with Gasteiger partial charge in [-0.25, -0.2) is 9.97 Å². The largest absolute Gasteiger partial charge is 0.490 e. The molecule has 152 valence electrons. The number of carbonyl (C=O) groups excluding carboxylic acids is 1. The second-order valence-corrected chi connectivity index (χ2v) is 7.04. The van der Waals surface area contributed by atoms with Crippen molar-refractivity contribution in [2.75, 3.05) is 6.61 Å². The second-order valence-electron chi connectivity index (χ2n) is 6.18. The van der Waals surface area contributed by atoms with Crippen LogP contribution in [-0.4, -0.2) is 22.5 Å². The Hall–Kier alpha value is -3.65. The number of benzene rings is 1. The number of hydrogen-bond acceptors (Lipinski definition) is 7. The predicted octanol–water partition coefficient (Wildman–Crippen LogP) is 4.92. The SMILES string of the molecule is CCOc1ccccc1Oc1ccc(CNC(=O)c2csc(-c3ccco3)n2)cn1. The molecule has 0 saturated carbocycles. The van der Waals surface area contributed by atoms with Crippen molar-refractivity contribution in [1.82, 2.24) is 15.3 Å². The Morgan fingerprint density at radius 1 is 1.13 bits per heavy atom. The molecular formula is C22H19N3O4S. The zero-order valence-electron chi connectivity index (χ0n) is 16.2. The Morgan fingerprint density at radius 3 is 2.73 bits per heavy atom. The van der Waals surface area contributed by atoms with E-state index in [1.807, 2.05) is 43.3 Å². The number of ether oxygens (including phenoxy) is 2. The van der Waals surface area contributed by atoms with E-state index in [2.05, 4.69) is 15.3 Å². The van der Waals surface area contributed by atoms with Crippen molar-refractivity contribution >= 4 is 17.2 Å². The van der Waals surface area contributed by atoms with Gasteiger partial charge in [0, 0.05) is 24.2 Å². The zero-order chi connectivity index (χ0) is 20.8. The molecule has 0 aliphatic carbocycles. The lowest BCUT2D eigenvalue weighted by Crippen LogP contribution is -2.23. The van der Waals surface area contributed by atoms with Crippen molar-refractivity contribution < 1.29 is 18.7 Å². The molecule has 30 heavy (non-hydrogen) atoms. The summed E-state index contributed by atoms with van der Waals surface area (Å²) in [6, 6.07) is 14.6. The Balaban J connectivity index is 1.34. The average Bonchev–Trinajstić information content (AvgIpc) is 3.47. The normalized spacial score (nSPS) is 10.6. The molecule has 0 atom stereocenters. The summed E-state index contributed by atoms with van der Waals surface area (Å²) in [4.78, 5) is 21.0. The maximum Gasteiger partial charge on any atom is 0.271 e. The van der Waals surface area contributed by atoms with Gasteiger partial charge in [0.05, 0.1) is 12.9 Å². The topological polar surface area (TPSA) is 86.5 Å². The molecule has 0 aliphatic heterocycles. The smallest absolute Gasteiger partial charge is 0.271 e. The highest BCUT2D eigenvalue weighted by Crippen LogP contribution is 2.30. The van der Waals surface area contributed by atoms with Crippen molar-refractivity contribution in [2.24, 2.45) is 0 Å². The highest BCUT2D eigenvalue weighted by Gasteiger charge is 2.13. The monoisotopic (exact) mass is 421 g/mol. The van der Waals surface area contributed by atoms with E-state index in [0.29, 0.717) is 47.0 Å². The lowest BCUT2D eigenvalue weighted by atomic mass is 10.3. The van der Waals surface area contributed by atoms with E-state index in [1.54, 1.807) is 30.0 Å². The summed E-state index contributed by atoms with van der Waals surface area (Å²) in [6.07, 6.45) is 3.24. The maximum absolute atomic E-state index is 12.4. The number of para-hydroxylation sites is 2. The number of thiazole rings is 1. The van der Waals surface area contributed by atoms with Crippen LogP contribution in [0.5, 0.6) is 17.4 Å². The summed E-state index contributed by atoms with van der Waals surface area (Å²) in [5.41, 5.74) is 1.20. The fourth-order valence-electron chi connectivity index (χ4n) is 2.66. The summed E-state index contributed by atoms with van der Waals surface area (Å²) in [7, 11) is 0. The van der Waals surface area contributed by atoms with Crippen molar-refractivity contribution in [3.8, 4) is 28.1 Å².